The third-order valence-corrected chi connectivity index (χ3v) is 6.81. The average molecular weight is 495 g/mol. The smallest absolute Gasteiger partial charge is 0.306 e. The Morgan fingerprint density at radius 1 is 0.629 bits per heavy atom. The number of hydrogen-bond acceptors (Lipinski definition) is 3. The molecule has 206 valence electrons. The topological polar surface area (TPSA) is 63.6 Å². The van der Waals surface area contributed by atoms with Crippen LogP contribution in [0.3, 0.4) is 0 Å². The van der Waals surface area contributed by atoms with Crippen LogP contribution in [0.2, 0.25) is 0 Å². The minimum atomic E-state index is -0.789. The Bertz CT molecular complexity index is 500. The van der Waals surface area contributed by atoms with Crippen molar-refractivity contribution in [3.8, 4) is 0 Å². The summed E-state index contributed by atoms with van der Waals surface area (Å²) < 4.78 is 5.49. The minimum Gasteiger partial charge on any atom is -0.481 e. The van der Waals surface area contributed by atoms with Gasteiger partial charge in [-0.25, -0.2) is 0 Å². The lowest BCUT2D eigenvalue weighted by atomic mass is 10.1. The molecule has 4 nitrogen and oxygen atoms in total. The molecule has 35 heavy (non-hydrogen) atoms. The number of carboxylic acids is 1. The predicted molar refractivity (Wildman–Crippen MR) is 149 cm³/mol. The van der Waals surface area contributed by atoms with Crippen LogP contribution in [0.25, 0.3) is 0 Å². The molecule has 0 aliphatic heterocycles. The zero-order valence-electron chi connectivity index (χ0n) is 23.4. The van der Waals surface area contributed by atoms with Crippen molar-refractivity contribution >= 4 is 11.9 Å². The second-order valence-corrected chi connectivity index (χ2v) is 10.3. The first kappa shape index (κ1) is 33.7. The Morgan fingerprint density at radius 3 is 1.54 bits per heavy atom. The highest BCUT2D eigenvalue weighted by atomic mass is 16.5. The number of carboxylic acid groups (broad SMARTS) is 1. The van der Waals surface area contributed by atoms with Gasteiger partial charge >= 0.3 is 11.9 Å². The van der Waals surface area contributed by atoms with E-state index in [1.807, 2.05) is 6.92 Å². The number of hydrogen-bond donors (Lipinski definition) is 1. The highest BCUT2D eigenvalue weighted by Crippen LogP contribution is 2.14. The third kappa shape index (κ3) is 27.1. The van der Waals surface area contributed by atoms with Crippen LogP contribution in [0, 0.1) is 0 Å². The second-order valence-electron chi connectivity index (χ2n) is 10.3. The van der Waals surface area contributed by atoms with Crippen molar-refractivity contribution in [1.29, 1.82) is 0 Å². The lowest BCUT2D eigenvalue weighted by Gasteiger charge is -2.15. The Hall–Kier alpha value is -1.32. The SMILES string of the molecule is CCCCCCCCCC/C=C\CCCCCCCCCCCC(=O)OC(CC)CCCC(=O)O. The molecule has 0 saturated heterocycles. The van der Waals surface area contributed by atoms with Gasteiger partial charge in [-0.05, 0) is 51.4 Å². The Labute approximate surface area is 217 Å². The zero-order valence-corrected chi connectivity index (χ0v) is 23.4. The van der Waals surface area contributed by atoms with E-state index in [0.29, 0.717) is 19.3 Å². The normalized spacial score (nSPS) is 12.3. The van der Waals surface area contributed by atoms with E-state index in [2.05, 4.69) is 19.1 Å². The Balaban J connectivity index is 3.34. The summed E-state index contributed by atoms with van der Waals surface area (Å²) in [5, 5.41) is 8.71. The molecule has 0 aromatic rings. The van der Waals surface area contributed by atoms with Gasteiger partial charge < -0.3 is 9.84 Å². The van der Waals surface area contributed by atoms with Crippen LogP contribution < -0.4 is 0 Å². The molecule has 0 amide bonds. The molecular weight excluding hydrogens is 436 g/mol. The van der Waals surface area contributed by atoms with E-state index < -0.39 is 5.97 Å². The predicted octanol–water partition coefficient (Wildman–Crippen LogP) is 9.94. The molecule has 0 heterocycles. The number of carbonyl (C=O) groups excluding carboxylic acids is 1. The number of carbonyl (C=O) groups is 2. The van der Waals surface area contributed by atoms with Crippen molar-refractivity contribution in [2.45, 2.75) is 174 Å². The molecule has 1 unspecified atom stereocenters. The van der Waals surface area contributed by atoms with Gasteiger partial charge in [0.25, 0.3) is 0 Å². The average Bonchev–Trinajstić information content (AvgIpc) is 2.84. The van der Waals surface area contributed by atoms with Gasteiger partial charge in [0.2, 0.25) is 0 Å². The minimum absolute atomic E-state index is 0.126. The van der Waals surface area contributed by atoms with Crippen LogP contribution in [0.5, 0.6) is 0 Å². The summed E-state index contributed by atoms with van der Waals surface area (Å²) in [6, 6.07) is 0. The highest BCUT2D eigenvalue weighted by Gasteiger charge is 2.13. The largest absolute Gasteiger partial charge is 0.481 e. The number of rotatable bonds is 27. The van der Waals surface area contributed by atoms with E-state index >= 15 is 0 Å². The molecule has 0 aromatic carbocycles. The lowest BCUT2D eigenvalue weighted by molar-refractivity contribution is -0.149. The highest BCUT2D eigenvalue weighted by molar-refractivity contribution is 5.69. The van der Waals surface area contributed by atoms with E-state index in [-0.39, 0.29) is 18.5 Å². The van der Waals surface area contributed by atoms with Gasteiger partial charge in [0, 0.05) is 12.8 Å². The summed E-state index contributed by atoms with van der Waals surface area (Å²) in [6.45, 7) is 4.26. The first-order chi connectivity index (χ1) is 17.1. The van der Waals surface area contributed by atoms with Crippen LogP contribution in [0.4, 0.5) is 0 Å². The molecule has 0 aliphatic carbocycles. The molecule has 0 saturated carbocycles. The van der Waals surface area contributed by atoms with Gasteiger partial charge in [0.1, 0.15) is 6.10 Å². The molecule has 0 rings (SSSR count). The van der Waals surface area contributed by atoms with Crippen molar-refractivity contribution in [2.75, 3.05) is 0 Å². The quantitative estimate of drug-likeness (QED) is 0.0701. The number of aliphatic carboxylic acids is 1. The number of esters is 1. The Kier molecular flexibility index (Phi) is 26.2. The third-order valence-electron chi connectivity index (χ3n) is 6.81. The first-order valence-electron chi connectivity index (χ1n) is 15.2. The monoisotopic (exact) mass is 494 g/mol. The lowest BCUT2D eigenvalue weighted by Crippen LogP contribution is -2.17. The van der Waals surface area contributed by atoms with E-state index in [1.54, 1.807) is 0 Å². The summed E-state index contributed by atoms with van der Waals surface area (Å²) in [5.74, 6) is -0.915. The van der Waals surface area contributed by atoms with E-state index in [9.17, 15) is 9.59 Å². The molecule has 0 aromatic heterocycles. The van der Waals surface area contributed by atoms with Crippen LogP contribution in [0.1, 0.15) is 168 Å². The van der Waals surface area contributed by atoms with E-state index in [0.717, 1.165) is 19.3 Å². The first-order valence-corrected chi connectivity index (χ1v) is 15.2. The summed E-state index contributed by atoms with van der Waals surface area (Å²) in [7, 11) is 0. The second kappa shape index (κ2) is 27.3. The maximum Gasteiger partial charge on any atom is 0.306 e. The molecule has 0 radical (unpaired) electrons. The van der Waals surface area contributed by atoms with Crippen molar-refractivity contribution in [3.63, 3.8) is 0 Å². The van der Waals surface area contributed by atoms with Gasteiger partial charge in [0.05, 0.1) is 0 Å². The molecule has 1 N–H and O–H groups in total. The van der Waals surface area contributed by atoms with Gasteiger partial charge in [0.15, 0.2) is 0 Å². The maximum absolute atomic E-state index is 12.0. The van der Waals surface area contributed by atoms with Crippen LogP contribution in [-0.2, 0) is 14.3 Å². The summed E-state index contributed by atoms with van der Waals surface area (Å²) in [4.78, 5) is 22.6. The van der Waals surface area contributed by atoms with Crippen LogP contribution >= 0.6 is 0 Å². The number of ether oxygens (including phenoxy) is 1. The van der Waals surface area contributed by atoms with Gasteiger partial charge in [-0.3, -0.25) is 9.59 Å². The van der Waals surface area contributed by atoms with Crippen molar-refractivity contribution in [1.82, 2.24) is 0 Å². The fourth-order valence-corrected chi connectivity index (χ4v) is 4.47. The molecular formula is C31H58O4. The fraction of sp³-hybridized carbons (Fsp3) is 0.871. The van der Waals surface area contributed by atoms with Gasteiger partial charge in [-0.2, -0.15) is 0 Å². The van der Waals surface area contributed by atoms with E-state index in [4.69, 9.17) is 9.84 Å². The van der Waals surface area contributed by atoms with Crippen molar-refractivity contribution in [3.05, 3.63) is 12.2 Å². The molecule has 0 fully saturated rings. The van der Waals surface area contributed by atoms with Crippen molar-refractivity contribution < 1.29 is 19.4 Å². The molecule has 0 bridgehead atoms. The zero-order chi connectivity index (χ0) is 25.8. The molecule has 0 aliphatic rings. The molecule has 1 atom stereocenters. The summed E-state index contributed by atoms with van der Waals surface area (Å²) in [5.41, 5.74) is 0. The summed E-state index contributed by atoms with van der Waals surface area (Å²) >= 11 is 0. The van der Waals surface area contributed by atoms with Crippen LogP contribution in [-0.4, -0.2) is 23.1 Å². The maximum atomic E-state index is 12.0. The molecule has 4 heteroatoms. The van der Waals surface area contributed by atoms with Gasteiger partial charge in [-0.1, -0.05) is 116 Å². The fourth-order valence-electron chi connectivity index (χ4n) is 4.47. The standard InChI is InChI=1S/C31H58O4/c1-3-5-6-7-8-9-10-11-12-13-14-15-16-17-18-19-20-21-22-23-24-28-31(34)35-29(4-2)26-25-27-30(32)33/h13-14,29H,3-12,15-28H2,1-2H3,(H,32,33)/b14-13-. The van der Waals surface area contributed by atoms with E-state index in [1.165, 1.54) is 109 Å². The Morgan fingerprint density at radius 2 is 1.09 bits per heavy atom. The van der Waals surface area contributed by atoms with Crippen molar-refractivity contribution in [2.24, 2.45) is 0 Å². The number of allylic oxidation sites excluding steroid dienone is 2. The summed E-state index contributed by atoms with van der Waals surface area (Å²) in [6.07, 6.45) is 32.1. The number of unbranched alkanes of at least 4 members (excludes halogenated alkanes) is 17. The van der Waals surface area contributed by atoms with Gasteiger partial charge in [-0.15, -0.1) is 0 Å². The van der Waals surface area contributed by atoms with Crippen LogP contribution in [0.15, 0.2) is 12.2 Å². The molecule has 0 spiro atoms.